The molecule has 1 aromatic rings. The normalized spacial score (nSPS) is 17.4. The molecule has 0 radical (unpaired) electrons. The van der Waals surface area contributed by atoms with Crippen LogP contribution in [0.25, 0.3) is 0 Å². The summed E-state index contributed by atoms with van der Waals surface area (Å²) in [4.78, 5) is 0. The molecule has 0 amide bonds. The van der Waals surface area contributed by atoms with E-state index in [9.17, 15) is 5.11 Å². The van der Waals surface area contributed by atoms with Gasteiger partial charge < -0.3 is 14.6 Å². The molecule has 3 nitrogen and oxygen atoms in total. The van der Waals surface area contributed by atoms with E-state index in [-0.39, 0.29) is 6.61 Å². The molecule has 0 heterocycles. The van der Waals surface area contributed by atoms with E-state index < -0.39 is 0 Å². The van der Waals surface area contributed by atoms with E-state index in [1.807, 2.05) is 24.3 Å². The topological polar surface area (TPSA) is 38.7 Å². The molecule has 0 aliphatic heterocycles. The lowest BCUT2D eigenvalue weighted by molar-refractivity contribution is 0.146. The van der Waals surface area contributed by atoms with Gasteiger partial charge in [-0.1, -0.05) is 25.7 Å². The van der Waals surface area contributed by atoms with Gasteiger partial charge in [0.05, 0.1) is 13.7 Å². The highest BCUT2D eigenvalue weighted by atomic mass is 16.5. The van der Waals surface area contributed by atoms with Gasteiger partial charge in [-0.2, -0.15) is 0 Å². The van der Waals surface area contributed by atoms with E-state index in [1.54, 1.807) is 7.11 Å². The number of benzene rings is 1. The van der Waals surface area contributed by atoms with Gasteiger partial charge in [-0.15, -0.1) is 0 Å². The SMILES string of the molecule is COc1ccc(OCCC(CO)C2CCCC2)cc1. The van der Waals surface area contributed by atoms with Gasteiger partial charge >= 0.3 is 0 Å². The molecule has 0 aromatic heterocycles. The maximum atomic E-state index is 9.48. The predicted octanol–water partition coefficient (Wildman–Crippen LogP) is 3.26. The Morgan fingerprint density at radius 1 is 1.16 bits per heavy atom. The van der Waals surface area contributed by atoms with Gasteiger partial charge in [0.2, 0.25) is 0 Å². The van der Waals surface area contributed by atoms with Gasteiger partial charge in [-0.05, 0) is 42.5 Å². The van der Waals surface area contributed by atoms with Gasteiger partial charge in [-0.3, -0.25) is 0 Å². The van der Waals surface area contributed by atoms with Crippen LogP contribution in [-0.4, -0.2) is 25.4 Å². The van der Waals surface area contributed by atoms with Gasteiger partial charge in [0.1, 0.15) is 11.5 Å². The molecule has 2 rings (SSSR count). The third-order valence-corrected chi connectivity index (χ3v) is 4.12. The smallest absolute Gasteiger partial charge is 0.119 e. The monoisotopic (exact) mass is 264 g/mol. The molecule has 1 N–H and O–H groups in total. The van der Waals surface area contributed by atoms with Crippen molar-refractivity contribution in [3.8, 4) is 11.5 Å². The first kappa shape index (κ1) is 14.2. The first-order valence-corrected chi connectivity index (χ1v) is 7.21. The highest BCUT2D eigenvalue weighted by Crippen LogP contribution is 2.32. The van der Waals surface area contributed by atoms with Crippen molar-refractivity contribution in [3.63, 3.8) is 0 Å². The lowest BCUT2D eigenvalue weighted by Gasteiger charge is -2.21. The van der Waals surface area contributed by atoms with E-state index in [4.69, 9.17) is 9.47 Å². The van der Waals surface area contributed by atoms with Gasteiger partial charge in [0.15, 0.2) is 0 Å². The van der Waals surface area contributed by atoms with Crippen LogP contribution in [0.1, 0.15) is 32.1 Å². The first-order chi connectivity index (χ1) is 9.33. The molecule has 19 heavy (non-hydrogen) atoms. The standard InChI is InChI=1S/C16H24O3/c1-18-15-6-8-16(9-7-15)19-11-10-14(12-17)13-4-2-3-5-13/h6-9,13-14,17H,2-5,10-12H2,1H3. The molecule has 1 atom stereocenters. The van der Waals surface area contributed by atoms with E-state index >= 15 is 0 Å². The highest BCUT2D eigenvalue weighted by molar-refractivity contribution is 5.31. The quantitative estimate of drug-likeness (QED) is 0.821. The molecule has 1 aliphatic rings. The highest BCUT2D eigenvalue weighted by Gasteiger charge is 2.24. The van der Waals surface area contributed by atoms with E-state index in [2.05, 4.69) is 0 Å². The van der Waals surface area contributed by atoms with Crippen molar-refractivity contribution >= 4 is 0 Å². The lowest BCUT2D eigenvalue weighted by atomic mass is 9.89. The predicted molar refractivity (Wildman–Crippen MR) is 75.6 cm³/mol. The summed E-state index contributed by atoms with van der Waals surface area (Å²) in [5.41, 5.74) is 0. The molecule has 106 valence electrons. The summed E-state index contributed by atoms with van der Waals surface area (Å²) in [6, 6.07) is 7.64. The summed E-state index contributed by atoms with van der Waals surface area (Å²) in [6.07, 6.45) is 6.12. The summed E-state index contributed by atoms with van der Waals surface area (Å²) in [7, 11) is 1.66. The van der Waals surface area contributed by atoms with Crippen LogP contribution in [0.15, 0.2) is 24.3 Å². The second kappa shape index (κ2) is 7.39. The minimum Gasteiger partial charge on any atom is -0.497 e. The van der Waals surface area contributed by atoms with Crippen LogP contribution in [0.4, 0.5) is 0 Å². The third-order valence-electron chi connectivity index (χ3n) is 4.12. The maximum Gasteiger partial charge on any atom is 0.119 e. The second-order valence-electron chi connectivity index (χ2n) is 5.30. The molecule has 1 saturated carbocycles. The second-order valence-corrected chi connectivity index (χ2v) is 5.30. The van der Waals surface area contributed by atoms with E-state index in [0.717, 1.165) is 17.9 Å². The average Bonchev–Trinajstić information content (AvgIpc) is 2.98. The van der Waals surface area contributed by atoms with Crippen molar-refractivity contribution in [3.05, 3.63) is 24.3 Å². The molecule has 3 heteroatoms. The van der Waals surface area contributed by atoms with Gasteiger partial charge in [0.25, 0.3) is 0 Å². The molecule has 1 unspecified atom stereocenters. The van der Waals surface area contributed by atoms with Crippen molar-refractivity contribution < 1.29 is 14.6 Å². The molecule has 0 bridgehead atoms. The zero-order valence-electron chi connectivity index (χ0n) is 11.7. The molecule has 1 fully saturated rings. The summed E-state index contributed by atoms with van der Waals surface area (Å²) in [6.45, 7) is 0.963. The van der Waals surface area contributed by atoms with Crippen LogP contribution in [0.2, 0.25) is 0 Å². The van der Waals surface area contributed by atoms with E-state index in [0.29, 0.717) is 18.4 Å². The zero-order valence-corrected chi connectivity index (χ0v) is 11.7. The van der Waals surface area contributed by atoms with Crippen molar-refractivity contribution in [2.24, 2.45) is 11.8 Å². The Morgan fingerprint density at radius 3 is 2.37 bits per heavy atom. The van der Waals surface area contributed by atoms with Crippen molar-refractivity contribution in [2.45, 2.75) is 32.1 Å². The third kappa shape index (κ3) is 4.13. The minimum absolute atomic E-state index is 0.288. The van der Waals surface area contributed by atoms with Crippen LogP contribution in [0.5, 0.6) is 11.5 Å². The van der Waals surface area contributed by atoms with Gasteiger partial charge in [0, 0.05) is 6.61 Å². The Labute approximate surface area is 115 Å². The summed E-state index contributed by atoms with van der Waals surface area (Å²) in [5, 5.41) is 9.48. The number of ether oxygens (including phenoxy) is 2. The largest absolute Gasteiger partial charge is 0.497 e. The number of hydrogen-bond acceptors (Lipinski definition) is 3. The van der Waals surface area contributed by atoms with Gasteiger partial charge in [-0.25, -0.2) is 0 Å². The van der Waals surface area contributed by atoms with Crippen LogP contribution < -0.4 is 9.47 Å². The molecule has 1 aromatic carbocycles. The van der Waals surface area contributed by atoms with Crippen LogP contribution in [0, 0.1) is 11.8 Å². The maximum absolute atomic E-state index is 9.48. The molecule has 0 spiro atoms. The fourth-order valence-corrected chi connectivity index (χ4v) is 2.90. The Balaban J connectivity index is 1.74. The Hall–Kier alpha value is -1.22. The Morgan fingerprint density at radius 2 is 1.79 bits per heavy atom. The number of hydrogen-bond donors (Lipinski definition) is 1. The minimum atomic E-state index is 0.288. The van der Waals surface area contributed by atoms with Crippen molar-refractivity contribution in [1.82, 2.24) is 0 Å². The fourth-order valence-electron chi connectivity index (χ4n) is 2.90. The molecular formula is C16H24O3. The van der Waals surface area contributed by atoms with E-state index in [1.165, 1.54) is 25.7 Å². The number of aliphatic hydroxyl groups is 1. The van der Waals surface area contributed by atoms with Crippen LogP contribution >= 0.6 is 0 Å². The summed E-state index contributed by atoms with van der Waals surface area (Å²) < 4.78 is 10.8. The van der Waals surface area contributed by atoms with Crippen molar-refractivity contribution in [2.75, 3.05) is 20.3 Å². The number of methoxy groups -OCH3 is 1. The lowest BCUT2D eigenvalue weighted by Crippen LogP contribution is -2.19. The Bertz CT molecular complexity index is 355. The molecular weight excluding hydrogens is 240 g/mol. The number of aliphatic hydroxyl groups excluding tert-OH is 1. The zero-order chi connectivity index (χ0) is 13.5. The van der Waals surface area contributed by atoms with Crippen LogP contribution in [-0.2, 0) is 0 Å². The summed E-state index contributed by atoms with van der Waals surface area (Å²) >= 11 is 0. The van der Waals surface area contributed by atoms with Crippen LogP contribution in [0.3, 0.4) is 0 Å². The number of rotatable bonds is 7. The summed E-state index contributed by atoms with van der Waals surface area (Å²) in [5.74, 6) is 2.81. The van der Waals surface area contributed by atoms with Crippen molar-refractivity contribution in [1.29, 1.82) is 0 Å². The fraction of sp³-hybridized carbons (Fsp3) is 0.625. The molecule has 1 aliphatic carbocycles. The first-order valence-electron chi connectivity index (χ1n) is 7.21. The average molecular weight is 264 g/mol. The molecule has 0 saturated heterocycles. The Kier molecular flexibility index (Phi) is 5.52.